The molecule has 0 aromatic heterocycles. The summed E-state index contributed by atoms with van der Waals surface area (Å²) in [6, 6.07) is 3.16. The van der Waals surface area contributed by atoms with Crippen LogP contribution in [0.3, 0.4) is 0 Å². The molecule has 1 aromatic carbocycles. The van der Waals surface area contributed by atoms with Crippen LogP contribution in [-0.2, 0) is 0 Å². The smallest absolute Gasteiger partial charge is 0.252 e. The third-order valence-electron chi connectivity index (χ3n) is 2.18. The number of rotatable bonds is 6. The second-order valence-electron chi connectivity index (χ2n) is 3.50. The van der Waals surface area contributed by atoms with E-state index in [9.17, 15) is 4.79 Å². The highest BCUT2D eigenvalue weighted by molar-refractivity contribution is 9.09. The molecule has 3 nitrogen and oxygen atoms in total. The van der Waals surface area contributed by atoms with Gasteiger partial charge in [-0.05, 0) is 25.0 Å². The summed E-state index contributed by atoms with van der Waals surface area (Å²) in [5, 5.41) is 4.82. The van der Waals surface area contributed by atoms with Gasteiger partial charge in [-0.2, -0.15) is 0 Å². The average molecular weight is 340 g/mol. The van der Waals surface area contributed by atoms with Crippen LogP contribution in [0, 0.1) is 0 Å². The number of anilines is 1. The van der Waals surface area contributed by atoms with Crippen molar-refractivity contribution in [1.29, 1.82) is 0 Å². The molecule has 94 valence electrons. The van der Waals surface area contributed by atoms with Gasteiger partial charge in [0.2, 0.25) is 0 Å². The van der Waals surface area contributed by atoms with Crippen LogP contribution in [0.15, 0.2) is 12.1 Å². The van der Waals surface area contributed by atoms with Crippen LogP contribution in [0.4, 0.5) is 5.69 Å². The van der Waals surface area contributed by atoms with Crippen LogP contribution in [0.1, 0.15) is 23.2 Å². The van der Waals surface area contributed by atoms with Gasteiger partial charge >= 0.3 is 0 Å². The third-order valence-corrected chi connectivity index (χ3v) is 3.25. The van der Waals surface area contributed by atoms with Gasteiger partial charge in [0.1, 0.15) is 0 Å². The number of primary amides is 1. The number of benzene rings is 1. The molecular formula is C11H13BrCl2N2O. The summed E-state index contributed by atoms with van der Waals surface area (Å²) in [6.07, 6.45) is 2.03. The number of carbonyl (C=O) groups is 1. The Bertz CT molecular complexity index is 413. The molecule has 0 atom stereocenters. The van der Waals surface area contributed by atoms with Gasteiger partial charge < -0.3 is 11.1 Å². The summed E-state index contributed by atoms with van der Waals surface area (Å²) in [4.78, 5) is 11.3. The lowest BCUT2D eigenvalue weighted by atomic mass is 10.1. The molecular weight excluding hydrogens is 327 g/mol. The molecule has 0 saturated carbocycles. The monoisotopic (exact) mass is 338 g/mol. The van der Waals surface area contributed by atoms with Crippen molar-refractivity contribution < 1.29 is 4.79 Å². The Morgan fingerprint density at radius 3 is 2.65 bits per heavy atom. The highest BCUT2D eigenvalue weighted by atomic mass is 79.9. The molecule has 0 fully saturated rings. The quantitative estimate of drug-likeness (QED) is 0.613. The first kappa shape index (κ1) is 14.6. The minimum absolute atomic E-state index is 0.271. The molecule has 6 heteroatoms. The summed E-state index contributed by atoms with van der Waals surface area (Å²) in [5.41, 5.74) is 6.16. The SMILES string of the molecule is NC(=O)c1c(Cl)cc(Cl)cc1NCCCCBr. The highest BCUT2D eigenvalue weighted by Gasteiger charge is 2.13. The first-order valence-electron chi connectivity index (χ1n) is 5.15. The molecule has 0 heterocycles. The van der Waals surface area contributed by atoms with Gasteiger partial charge in [0.15, 0.2) is 0 Å². The Balaban J connectivity index is 2.85. The van der Waals surface area contributed by atoms with E-state index in [1.165, 1.54) is 6.07 Å². The van der Waals surface area contributed by atoms with Crippen LogP contribution in [0.2, 0.25) is 10.0 Å². The normalized spacial score (nSPS) is 10.3. The van der Waals surface area contributed by atoms with E-state index in [1.54, 1.807) is 6.07 Å². The summed E-state index contributed by atoms with van der Waals surface area (Å²) in [5.74, 6) is -0.561. The van der Waals surface area contributed by atoms with Gasteiger partial charge in [0, 0.05) is 22.6 Å². The van der Waals surface area contributed by atoms with Crippen LogP contribution in [-0.4, -0.2) is 17.8 Å². The van der Waals surface area contributed by atoms with Crippen molar-refractivity contribution in [2.45, 2.75) is 12.8 Å². The average Bonchev–Trinajstić information content (AvgIpc) is 2.22. The zero-order valence-corrected chi connectivity index (χ0v) is 12.2. The summed E-state index contributed by atoms with van der Waals surface area (Å²) < 4.78 is 0. The summed E-state index contributed by atoms with van der Waals surface area (Å²) in [7, 11) is 0. The molecule has 0 radical (unpaired) electrons. The van der Waals surface area contributed by atoms with E-state index >= 15 is 0 Å². The Kier molecular flexibility index (Phi) is 6.09. The first-order valence-corrected chi connectivity index (χ1v) is 7.02. The van der Waals surface area contributed by atoms with Crippen molar-refractivity contribution in [2.24, 2.45) is 5.73 Å². The first-order chi connectivity index (χ1) is 8.06. The molecule has 0 aliphatic carbocycles. The largest absolute Gasteiger partial charge is 0.384 e. The molecule has 0 saturated heterocycles. The van der Waals surface area contributed by atoms with Gasteiger partial charge in [-0.25, -0.2) is 0 Å². The maximum absolute atomic E-state index is 11.3. The van der Waals surface area contributed by atoms with Crippen molar-refractivity contribution in [3.8, 4) is 0 Å². The molecule has 1 rings (SSSR count). The van der Waals surface area contributed by atoms with Crippen molar-refractivity contribution in [1.82, 2.24) is 0 Å². The molecule has 0 spiro atoms. The number of nitrogens with two attached hydrogens (primary N) is 1. The third kappa shape index (κ3) is 4.37. The van der Waals surface area contributed by atoms with Gasteiger partial charge in [-0.3, -0.25) is 4.79 Å². The molecule has 1 aromatic rings. The van der Waals surface area contributed by atoms with Crippen LogP contribution in [0.5, 0.6) is 0 Å². The van der Waals surface area contributed by atoms with E-state index in [4.69, 9.17) is 28.9 Å². The van der Waals surface area contributed by atoms with E-state index in [0.717, 1.165) is 24.7 Å². The minimum atomic E-state index is -0.561. The van der Waals surface area contributed by atoms with E-state index in [1.807, 2.05) is 0 Å². The van der Waals surface area contributed by atoms with Crippen molar-refractivity contribution >= 4 is 50.7 Å². The fourth-order valence-electron chi connectivity index (χ4n) is 1.41. The highest BCUT2D eigenvalue weighted by Crippen LogP contribution is 2.28. The Hall–Kier alpha value is -0.450. The van der Waals surface area contributed by atoms with Gasteiger partial charge in [0.05, 0.1) is 10.6 Å². The lowest BCUT2D eigenvalue weighted by molar-refractivity contribution is 0.100. The zero-order valence-electron chi connectivity index (χ0n) is 9.10. The van der Waals surface area contributed by atoms with E-state index in [0.29, 0.717) is 10.7 Å². The van der Waals surface area contributed by atoms with Crippen LogP contribution < -0.4 is 11.1 Å². The van der Waals surface area contributed by atoms with E-state index in [2.05, 4.69) is 21.2 Å². The van der Waals surface area contributed by atoms with Gasteiger partial charge in [-0.1, -0.05) is 39.1 Å². The minimum Gasteiger partial charge on any atom is -0.384 e. The predicted molar refractivity (Wildman–Crippen MR) is 76.5 cm³/mol. The zero-order chi connectivity index (χ0) is 12.8. The number of amides is 1. The number of alkyl halides is 1. The van der Waals surface area contributed by atoms with E-state index in [-0.39, 0.29) is 10.6 Å². The maximum atomic E-state index is 11.3. The number of hydrogen-bond acceptors (Lipinski definition) is 2. The fourth-order valence-corrected chi connectivity index (χ4v) is 2.39. The van der Waals surface area contributed by atoms with Crippen molar-refractivity contribution in [3.05, 3.63) is 27.7 Å². The lowest BCUT2D eigenvalue weighted by Crippen LogP contribution is -2.15. The topological polar surface area (TPSA) is 55.1 Å². The Morgan fingerprint density at radius 2 is 2.06 bits per heavy atom. The maximum Gasteiger partial charge on any atom is 0.252 e. The standard InChI is InChI=1S/C11H13BrCl2N2O/c12-3-1-2-4-16-9-6-7(13)5-8(14)10(9)11(15)17/h5-6,16H,1-4H2,(H2,15,17). The number of hydrogen-bond donors (Lipinski definition) is 2. The van der Waals surface area contributed by atoms with Gasteiger partial charge in [-0.15, -0.1) is 0 Å². The summed E-state index contributed by atoms with van der Waals surface area (Å²) >= 11 is 15.2. The van der Waals surface area contributed by atoms with E-state index < -0.39 is 5.91 Å². The number of nitrogens with one attached hydrogen (secondary N) is 1. The van der Waals surface area contributed by atoms with Gasteiger partial charge in [0.25, 0.3) is 5.91 Å². The number of halogens is 3. The van der Waals surface area contributed by atoms with Crippen molar-refractivity contribution in [2.75, 3.05) is 17.2 Å². The number of unbranched alkanes of at least 4 members (excludes halogenated alkanes) is 1. The van der Waals surface area contributed by atoms with Crippen molar-refractivity contribution in [3.63, 3.8) is 0 Å². The number of carbonyl (C=O) groups excluding carboxylic acids is 1. The van der Waals surface area contributed by atoms with Crippen LogP contribution in [0.25, 0.3) is 0 Å². The Labute approximate surface area is 119 Å². The molecule has 0 aliphatic rings. The summed E-state index contributed by atoms with van der Waals surface area (Å²) in [6.45, 7) is 0.739. The molecule has 0 unspecified atom stereocenters. The molecule has 0 bridgehead atoms. The fraction of sp³-hybridized carbons (Fsp3) is 0.364. The molecule has 17 heavy (non-hydrogen) atoms. The molecule has 3 N–H and O–H groups in total. The Morgan fingerprint density at radius 1 is 1.35 bits per heavy atom. The molecule has 0 aliphatic heterocycles. The lowest BCUT2D eigenvalue weighted by Gasteiger charge is -2.11. The molecule has 1 amide bonds. The predicted octanol–water partition coefficient (Wildman–Crippen LogP) is 3.68. The second kappa shape index (κ2) is 7.09. The van der Waals surface area contributed by atoms with Crippen LogP contribution >= 0.6 is 39.1 Å². The second-order valence-corrected chi connectivity index (χ2v) is 5.13.